The van der Waals surface area contributed by atoms with Crippen LogP contribution in [0.15, 0.2) is 41.0 Å². The summed E-state index contributed by atoms with van der Waals surface area (Å²) in [5.74, 6) is 0.135. The maximum Gasteiger partial charge on any atom is 0.327 e. The number of fused-ring (bicyclic) bond motifs is 1. The molecule has 32 heavy (non-hydrogen) atoms. The summed E-state index contributed by atoms with van der Waals surface area (Å²) < 4.78 is 5.22. The molecule has 2 aromatic rings. The standard InChI is InChI=1S/C25H31N3O4/c1-17-9-10-18(2)19(14-17)16-28-22-8-4-3-7-21(22)24(30)27(25(28)31)12-11-23(29)26-15-20-6-5-13-32-20/h5-6,9-10,13-14,21-22H,3-4,7-8,11-12,15-16H2,1-2H3,(H,26,29). The summed E-state index contributed by atoms with van der Waals surface area (Å²) in [6.45, 7) is 4.96. The fraction of sp³-hybridized carbons (Fsp3) is 0.480. The Morgan fingerprint density at radius 1 is 1.16 bits per heavy atom. The van der Waals surface area contributed by atoms with Crippen LogP contribution in [0.2, 0.25) is 0 Å². The van der Waals surface area contributed by atoms with E-state index < -0.39 is 0 Å². The van der Waals surface area contributed by atoms with Gasteiger partial charge in [-0.1, -0.05) is 36.6 Å². The number of amides is 4. The van der Waals surface area contributed by atoms with Gasteiger partial charge in [0.25, 0.3) is 0 Å². The number of nitrogens with one attached hydrogen (secondary N) is 1. The quantitative estimate of drug-likeness (QED) is 0.712. The molecular formula is C25H31N3O4. The van der Waals surface area contributed by atoms with Crippen LogP contribution in [0.1, 0.15) is 54.6 Å². The Labute approximate surface area is 188 Å². The fourth-order valence-electron chi connectivity index (χ4n) is 4.81. The lowest BCUT2D eigenvalue weighted by atomic mass is 9.81. The summed E-state index contributed by atoms with van der Waals surface area (Å²) in [7, 11) is 0. The molecule has 2 aliphatic rings. The average molecular weight is 438 g/mol. The number of furan rings is 1. The van der Waals surface area contributed by atoms with Gasteiger partial charge in [0.05, 0.1) is 18.7 Å². The van der Waals surface area contributed by atoms with Gasteiger partial charge < -0.3 is 14.6 Å². The number of urea groups is 1. The summed E-state index contributed by atoms with van der Waals surface area (Å²) in [4.78, 5) is 42.1. The Hall–Kier alpha value is -3.09. The highest BCUT2D eigenvalue weighted by Gasteiger charge is 2.46. The molecule has 7 heteroatoms. The number of benzene rings is 1. The molecule has 170 valence electrons. The van der Waals surface area contributed by atoms with Crippen LogP contribution >= 0.6 is 0 Å². The third-order valence-corrected chi connectivity index (χ3v) is 6.64. The summed E-state index contributed by atoms with van der Waals surface area (Å²) in [6, 6.07) is 9.46. The normalized spacial score (nSPS) is 20.9. The number of carbonyl (C=O) groups is 3. The zero-order valence-corrected chi connectivity index (χ0v) is 18.8. The molecule has 0 bridgehead atoms. The average Bonchev–Trinajstić information content (AvgIpc) is 3.31. The lowest BCUT2D eigenvalue weighted by Crippen LogP contribution is -2.62. The highest BCUT2D eigenvalue weighted by molar-refractivity contribution is 5.99. The third kappa shape index (κ3) is 4.71. The molecule has 1 saturated carbocycles. The van der Waals surface area contributed by atoms with Crippen LogP contribution in [-0.4, -0.2) is 40.2 Å². The minimum Gasteiger partial charge on any atom is -0.467 e. The number of nitrogens with zero attached hydrogens (tertiary/aromatic N) is 2. The van der Waals surface area contributed by atoms with E-state index in [1.54, 1.807) is 18.4 Å². The molecule has 2 heterocycles. The molecule has 2 atom stereocenters. The Balaban J connectivity index is 1.46. The van der Waals surface area contributed by atoms with Gasteiger partial charge in [0.1, 0.15) is 5.76 Å². The third-order valence-electron chi connectivity index (χ3n) is 6.64. The molecule has 1 aliphatic carbocycles. The monoisotopic (exact) mass is 437 g/mol. The molecule has 0 radical (unpaired) electrons. The van der Waals surface area contributed by atoms with Gasteiger partial charge in [0.15, 0.2) is 0 Å². The molecule has 7 nitrogen and oxygen atoms in total. The predicted octanol–water partition coefficient (Wildman–Crippen LogP) is 3.93. The lowest BCUT2D eigenvalue weighted by molar-refractivity contribution is -0.141. The van der Waals surface area contributed by atoms with Crippen LogP contribution in [-0.2, 0) is 22.7 Å². The Bertz CT molecular complexity index is 985. The van der Waals surface area contributed by atoms with Crippen LogP contribution in [0.25, 0.3) is 0 Å². The number of hydrogen-bond donors (Lipinski definition) is 1. The number of aryl methyl sites for hydroxylation is 2. The topological polar surface area (TPSA) is 82.9 Å². The first-order chi connectivity index (χ1) is 15.4. The molecule has 0 spiro atoms. The van der Waals surface area contributed by atoms with Gasteiger partial charge in [-0.15, -0.1) is 0 Å². The largest absolute Gasteiger partial charge is 0.467 e. The van der Waals surface area contributed by atoms with Crippen molar-refractivity contribution in [1.29, 1.82) is 0 Å². The Morgan fingerprint density at radius 3 is 2.75 bits per heavy atom. The van der Waals surface area contributed by atoms with Crippen molar-refractivity contribution >= 4 is 17.8 Å². The Kier molecular flexibility index (Phi) is 6.63. The first-order valence-corrected chi connectivity index (χ1v) is 11.4. The van der Waals surface area contributed by atoms with Gasteiger partial charge in [-0.2, -0.15) is 0 Å². The van der Waals surface area contributed by atoms with E-state index in [1.807, 2.05) is 18.7 Å². The number of imide groups is 1. The molecule has 2 unspecified atom stereocenters. The van der Waals surface area contributed by atoms with Crippen molar-refractivity contribution in [2.75, 3.05) is 6.54 Å². The molecule has 1 saturated heterocycles. The van der Waals surface area contributed by atoms with Crippen LogP contribution in [0, 0.1) is 19.8 Å². The molecular weight excluding hydrogens is 406 g/mol. The summed E-state index contributed by atoms with van der Waals surface area (Å²) in [6.07, 6.45) is 5.30. The fourth-order valence-corrected chi connectivity index (χ4v) is 4.81. The Morgan fingerprint density at radius 2 is 1.97 bits per heavy atom. The van der Waals surface area contributed by atoms with E-state index in [0.29, 0.717) is 12.3 Å². The minimum absolute atomic E-state index is 0.0623. The summed E-state index contributed by atoms with van der Waals surface area (Å²) >= 11 is 0. The smallest absolute Gasteiger partial charge is 0.327 e. The highest BCUT2D eigenvalue weighted by Crippen LogP contribution is 2.35. The van der Waals surface area contributed by atoms with Crippen molar-refractivity contribution in [3.8, 4) is 0 Å². The van der Waals surface area contributed by atoms with Gasteiger partial charge in [-0.05, 0) is 49.9 Å². The van der Waals surface area contributed by atoms with E-state index >= 15 is 0 Å². The van der Waals surface area contributed by atoms with Gasteiger partial charge in [-0.3, -0.25) is 14.5 Å². The van der Waals surface area contributed by atoms with E-state index in [0.717, 1.165) is 42.4 Å². The van der Waals surface area contributed by atoms with Gasteiger partial charge in [-0.25, -0.2) is 4.79 Å². The van der Waals surface area contributed by atoms with E-state index in [-0.39, 0.29) is 49.3 Å². The van der Waals surface area contributed by atoms with E-state index in [9.17, 15) is 14.4 Å². The zero-order valence-electron chi connectivity index (χ0n) is 18.8. The second kappa shape index (κ2) is 9.59. The molecule has 1 N–H and O–H groups in total. The molecule has 1 aromatic heterocycles. The van der Waals surface area contributed by atoms with E-state index in [1.165, 1.54) is 4.90 Å². The molecule has 4 rings (SSSR count). The number of hydrogen-bond acceptors (Lipinski definition) is 4. The maximum atomic E-state index is 13.4. The van der Waals surface area contributed by atoms with E-state index in [2.05, 4.69) is 23.5 Å². The van der Waals surface area contributed by atoms with Gasteiger partial charge >= 0.3 is 6.03 Å². The molecule has 1 aliphatic heterocycles. The molecule has 1 aromatic carbocycles. The van der Waals surface area contributed by atoms with Crippen LogP contribution in [0.5, 0.6) is 0 Å². The first kappa shape index (κ1) is 22.1. The van der Waals surface area contributed by atoms with Gasteiger partial charge in [0.2, 0.25) is 11.8 Å². The van der Waals surface area contributed by atoms with E-state index in [4.69, 9.17) is 4.42 Å². The van der Waals surface area contributed by atoms with Crippen LogP contribution < -0.4 is 5.32 Å². The number of carbonyl (C=O) groups excluding carboxylic acids is 3. The van der Waals surface area contributed by atoms with Crippen molar-refractivity contribution in [3.05, 3.63) is 59.0 Å². The second-order valence-corrected chi connectivity index (χ2v) is 8.89. The highest BCUT2D eigenvalue weighted by atomic mass is 16.3. The van der Waals surface area contributed by atoms with Crippen molar-refractivity contribution in [1.82, 2.24) is 15.1 Å². The van der Waals surface area contributed by atoms with Crippen molar-refractivity contribution in [3.63, 3.8) is 0 Å². The predicted molar refractivity (Wildman–Crippen MR) is 119 cm³/mol. The SMILES string of the molecule is Cc1ccc(C)c(CN2C(=O)N(CCC(=O)NCc3ccco3)C(=O)C3CCCCC32)c1. The van der Waals surface area contributed by atoms with Crippen LogP contribution in [0.4, 0.5) is 4.79 Å². The van der Waals surface area contributed by atoms with Gasteiger partial charge in [0, 0.05) is 25.6 Å². The summed E-state index contributed by atoms with van der Waals surface area (Å²) in [5, 5.41) is 2.78. The van der Waals surface area contributed by atoms with Crippen molar-refractivity contribution < 1.29 is 18.8 Å². The summed E-state index contributed by atoms with van der Waals surface area (Å²) in [5.41, 5.74) is 3.39. The second-order valence-electron chi connectivity index (χ2n) is 8.89. The maximum absolute atomic E-state index is 13.4. The van der Waals surface area contributed by atoms with Crippen LogP contribution in [0.3, 0.4) is 0 Å². The zero-order chi connectivity index (χ0) is 22.7. The molecule has 2 fully saturated rings. The lowest BCUT2D eigenvalue weighted by Gasteiger charge is -2.47. The minimum atomic E-state index is -0.280. The number of rotatable bonds is 7. The first-order valence-electron chi connectivity index (χ1n) is 11.4. The van der Waals surface area contributed by atoms with Crippen molar-refractivity contribution in [2.45, 2.75) is 65.1 Å². The van der Waals surface area contributed by atoms with Crippen molar-refractivity contribution in [2.24, 2.45) is 5.92 Å². The molecule has 4 amide bonds.